The van der Waals surface area contributed by atoms with Gasteiger partial charge in [0.15, 0.2) is 0 Å². The first-order valence-corrected chi connectivity index (χ1v) is 19.8. The summed E-state index contributed by atoms with van der Waals surface area (Å²) in [6.07, 6.45) is 0. The Bertz CT molecular complexity index is 3310. The van der Waals surface area contributed by atoms with Crippen LogP contribution in [0.15, 0.2) is 221 Å². The normalized spacial score (nSPS) is 13.0. The fourth-order valence-corrected chi connectivity index (χ4v) is 9.80. The zero-order chi connectivity index (χ0) is 38.2. The van der Waals surface area contributed by atoms with Crippen molar-refractivity contribution in [2.75, 3.05) is 4.90 Å². The lowest BCUT2D eigenvalue weighted by Crippen LogP contribution is -2.28. The molecule has 1 aliphatic carbocycles. The molecule has 0 N–H and O–H groups in total. The van der Waals surface area contributed by atoms with Gasteiger partial charge in [0.05, 0.1) is 27.6 Å². The summed E-state index contributed by atoms with van der Waals surface area (Å²) in [5.74, 6) is 0. The zero-order valence-corrected chi connectivity index (χ0v) is 31.5. The van der Waals surface area contributed by atoms with E-state index in [4.69, 9.17) is 8.83 Å². The van der Waals surface area contributed by atoms with Crippen molar-refractivity contribution in [3.8, 4) is 22.3 Å². The third-order valence-electron chi connectivity index (χ3n) is 12.1. The van der Waals surface area contributed by atoms with E-state index in [1.54, 1.807) is 0 Å². The first-order valence-electron chi connectivity index (χ1n) is 19.8. The number of hydrogen-bond acceptors (Lipinski definition) is 3. The molecule has 272 valence electrons. The lowest BCUT2D eigenvalue weighted by Gasteiger charge is -2.35. The van der Waals surface area contributed by atoms with Crippen LogP contribution < -0.4 is 4.90 Å². The zero-order valence-electron chi connectivity index (χ0n) is 31.5. The molecule has 0 fully saturated rings. The number of hydrogen-bond donors (Lipinski definition) is 0. The highest BCUT2D eigenvalue weighted by Crippen LogP contribution is 2.57. The fraction of sp³-hybridized carbons (Fsp3) is 0.0182. The molecular formula is C55H35NO2. The van der Waals surface area contributed by atoms with Crippen LogP contribution in [0.5, 0.6) is 0 Å². The third-order valence-corrected chi connectivity index (χ3v) is 12.1. The summed E-state index contributed by atoms with van der Waals surface area (Å²) < 4.78 is 13.4. The van der Waals surface area contributed by atoms with Gasteiger partial charge in [0.2, 0.25) is 0 Å². The maximum Gasteiger partial charge on any atom is 0.143 e. The molecule has 1 aliphatic rings. The molecule has 0 atom stereocenters. The van der Waals surface area contributed by atoms with Gasteiger partial charge in [-0.2, -0.15) is 0 Å². The highest BCUT2D eigenvalue weighted by Gasteiger charge is 2.46. The van der Waals surface area contributed by atoms with Gasteiger partial charge in [0.1, 0.15) is 22.3 Å². The minimum atomic E-state index is -0.552. The molecule has 2 aromatic heterocycles. The van der Waals surface area contributed by atoms with Gasteiger partial charge in [-0.1, -0.05) is 170 Å². The van der Waals surface area contributed by atoms with Gasteiger partial charge in [-0.3, -0.25) is 0 Å². The second-order valence-corrected chi connectivity index (χ2v) is 15.1. The molecule has 0 saturated carbocycles. The van der Waals surface area contributed by atoms with Gasteiger partial charge < -0.3 is 13.7 Å². The lowest BCUT2D eigenvalue weighted by molar-refractivity contribution is 0.669. The Kier molecular flexibility index (Phi) is 7.14. The summed E-state index contributed by atoms with van der Waals surface area (Å²) >= 11 is 0. The van der Waals surface area contributed by atoms with Crippen molar-refractivity contribution in [2.24, 2.45) is 0 Å². The highest BCUT2D eigenvalue weighted by molar-refractivity contribution is 6.19. The summed E-state index contributed by atoms with van der Waals surface area (Å²) in [5.41, 5.74) is 15.7. The number of fused-ring (bicyclic) bond motifs is 9. The van der Waals surface area contributed by atoms with Crippen LogP contribution in [0.1, 0.15) is 22.3 Å². The van der Waals surface area contributed by atoms with Crippen LogP contribution >= 0.6 is 0 Å². The maximum atomic E-state index is 6.86. The lowest BCUT2D eigenvalue weighted by atomic mass is 9.67. The Morgan fingerprint density at radius 2 is 0.879 bits per heavy atom. The Labute approximate surface area is 335 Å². The molecule has 0 saturated heterocycles. The van der Waals surface area contributed by atoms with Crippen LogP contribution in [0.2, 0.25) is 0 Å². The minimum absolute atomic E-state index is 0.552. The first-order chi connectivity index (χ1) is 28.8. The molecule has 3 nitrogen and oxygen atoms in total. The number of rotatable bonds is 6. The molecular weight excluding hydrogens is 707 g/mol. The molecule has 2 heterocycles. The first kappa shape index (κ1) is 32.6. The fourth-order valence-electron chi connectivity index (χ4n) is 9.80. The monoisotopic (exact) mass is 741 g/mol. The third kappa shape index (κ3) is 4.62. The number of furan rings is 2. The van der Waals surface area contributed by atoms with Gasteiger partial charge in [-0.25, -0.2) is 0 Å². The predicted molar refractivity (Wildman–Crippen MR) is 238 cm³/mol. The van der Waals surface area contributed by atoms with Crippen LogP contribution in [0.4, 0.5) is 17.1 Å². The summed E-state index contributed by atoms with van der Waals surface area (Å²) in [5, 5.41) is 4.26. The number of para-hydroxylation sites is 2. The molecule has 11 aromatic rings. The number of benzene rings is 9. The molecule has 12 rings (SSSR count). The average Bonchev–Trinajstić information content (AvgIpc) is 3.97. The minimum Gasteiger partial charge on any atom is -0.456 e. The van der Waals surface area contributed by atoms with Crippen LogP contribution in [0, 0.1) is 0 Å². The van der Waals surface area contributed by atoms with Crippen molar-refractivity contribution >= 4 is 60.9 Å². The van der Waals surface area contributed by atoms with Crippen molar-refractivity contribution in [3.63, 3.8) is 0 Å². The number of anilines is 3. The Balaban J connectivity index is 1.18. The van der Waals surface area contributed by atoms with Gasteiger partial charge >= 0.3 is 0 Å². The highest BCUT2D eigenvalue weighted by atomic mass is 16.3. The van der Waals surface area contributed by atoms with Gasteiger partial charge in [-0.05, 0) is 81.4 Å². The molecule has 0 spiro atoms. The standard InChI is InChI=1S/C55H35NO2/c1-3-17-36(18-4-1)40-26-14-27-44-53-48(31-16-34-51(53)58-54(40)44)56(47-30-15-33-50-52(47)43-25-9-12-32-49(43)57-50)39-22-13-21-38(35-39)55(37-19-5-2-6-20-37)45-28-10-7-23-41(45)42-24-8-11-29-46(42)55/h1-35H. The maximum absolute atomic E-state index is 6.86. The largest absolute Gasteiger partial charge is 0.456 e. The van der Waals surface area contributed by atoms with E-state index < -0.39 is 5.41 Å². The van der Waals surface area contributed by atoms with Crippen molar-refractivity contribution in [1.29, 1.82) is 0 Å². The van der Waals surface area contributed by atoms with Gasteiger partial charge in [-0.15, -0.1) is 0 Å². The summed E-state index contributed by atoms with van der Waals surface area (Å²) in [6, 6.07) is 76.2. The average molecular weight is 742 g/mol. The van der Waals surface area contributed by atoms with E-state index in [-0.39, 0.29) is 0 Å². The van der Waals surface area contributed by atoms with Crippen molar-refractivity contribution in [2.45, 2.75) is 5.41 Å². The summed E-state index contributed by atoms with van der Waals surface area (Å²) in [7, 11) is 0. The molecule has 3 heteroatoms. The van der Waals surface area contributed by atoms with Crippen LogP contribution in [-0.2, 0) is 5.41 Å². The quantitative estimate of drug-likeness (QED) is 0.170. The molecule has 0 amide bonds. The Morgan fingerprint density at radius 3 is 1.62 bits per heavy atom. The van der Waals surface area contributed by atoms with E-state index in [2.05, 4.69) is 211 Å². The summed E-state index contributed by atoms with van der Waals surface area (Å²) in [6.45, 7) is 0. The molecule has 9 aromatic carbocycles. The van der Waals surface area contributed by atoms with E-state index >= 15 is 0 Å². The van der Waals surface area contributed by atoms with Crippen LogP contribution in [0.3, 0.4) is 0 Å². The number of nitrogens with zero attached hydrogens (tertiary/aromatic N) is 1. The molecule has 0 radical (unpaired) electrons. The van der Waals surface area contributed by atoms with Crippen molar-refractivity contribution in [3.05, 3.63) is 235 Å². The van der Waals surface area contributed by atoms with Crippen LogP contribution in [0.25, 0.3) is 66.1 Å². The molecule has 58 heavy (non-hydrogen) atoms. The topological polar surface area (TPSA) is 29.5 Å². The van der Waals surface area contributed by atoms with E-state index in [1.165, 1.54) is 33.4 Å². The smallest absolute Gasteiger partial charge is 0.143 e. The van der Waals surface area contributed by atoms with Crippen molar-refractivity contribution < 1.29 is 8.83 Å². The van der Waals surface area contributed by atoms with E-state index in [1.807, 2.05) is 6.07 Å². The SMILES string of the molecule is c1ccc(-c2cccc3c2oc2cccc(N(c4cccc(C5(c6ccccc6)c6ccccc6-c6ccccc65)c4)c4cccc5oc6ccccc6c45)c23)cc1. The predicted octanol–water partition coefficient (Wildman–Crippen LogP) is 15.0. The van der Waals surface area contributed by atoms with Gasteiger partial charge in [0.25, 0.3) is 0 Å². The van der Waals surface area contributed by atoms with Gasteiger partial charge in [0, 0.05) is 22.0 Å². The van der Waals surface area contributed by atoms with Crippen molar-refractivity contribution in [1.82, 2.24) is 0 Å². The Hall–Kier alpha value is -7.62. The molecule has 0 aliphatic heterocycles. The molecule has 0 unspecified atom stereocenters. The Morgan fingerprint density at radius 1 is 0.362 bits per heavy atom. The van der Waals surface area contributed by atoms with E-state index in [9.17, 15) is 0 Å². The van der Waals surface area contributed by atoms with E-state index in [0.29, 0.717) is 0 Å². The van der Waals surface area contributed by atoms with E-state index in [0.717, 1.165) is 72.1 Å². The van der Waals surface area contributed by atoms with Crippen LogP contribution in [-0.4, -0.2) is 0 Å². The second kappa shape index (κ2) is 12.7. The molecule has 0 bridgehead atoms. The second-order valence-electron chi connectivity index (χ2n) is 15.1. The summed E-state index contributed by atoms with van der Waals surface area (Å²) in [4.78, 5) is 2.42.